The Bertz CT molecular complexity index is 7750. The lowest BCUT2D eigenvalue weighted by molar-refractivity contribution is 0.660. The lowest BCUT2D eigenvalue weighted by Crippen LogP contribution is -2.26. The Labute approximate surface area is 702 Å². The zero-order chi connectivity index (χ0) is 79.5. The van der Waals surface area contributed by atoms with Crippen LogP contribution in [-0.4, -0.2) is 0 Å². The van der Waals surface area contributed by atoms with E-state index in [1.807, 2.05) is 11.3 Å². The number of hydrogen-bond donors (Lipinski definition) is 0. The number of rotatable bonds is 8. The van der Waals surface area contributed by atoms with E-state index >= 15 is 0 Å². The predicted molar refractivity (Wildman–Crippen MR) is 501 cm³/mol. The van der Waals surface area contributed by atoms with Gasteiger partial charge in [0.25, 0.3) is 0 Å². The number of nitrogens with zero attached hydrogens (tertiary/aromatic N) is 2. The molecular formula is C116H78N2OS. The van der Waals surface area contributed by atoms with E-state index in [9.17, 15) is 0 Å². The van der Waals surface area contributed by atoms with Gasteiger partial charge in [0, 0.05) is 86.9 Å². The van der Waals surface area contributed by atoms with E-state index in [1.54, 1.807) is 0 Å². The number of benzene rings is 18. The summed E-state index contributed by atoms with van der Waals surface area (Å²) in [5, 5.41) is 4.98. The second-order valence-electron chi connectivity index (χ2n) is 34.3. The molecule has 26 rings (SSSR count). The minimum Gasteiger partial charge on any atom is -0.455 e. The van der Waals surface area contributed by atoms with E-state index in [1.165, 1.54) is 176 Å². The van der Waals surface area contributed by atoms with Gasteiger partial charge in [0.05, 0.1) is 16.5 Å². The van der Waals surface area contributed by atoms with Gasteiger partial charge in [-0.25, -0.2) is 0 Å². The number of fused-ring (bicyclic) bond motifs is 34. The summed E-state index contributed by atoms with van der Waals surface area (Å²) in [6, 6.07) is 149. The van der Waals surface area contributed by atoms with Crippen molar-refractivity contribution < 1.29 is 4.42 Å². The van der Waals surface area contributed by atoms with Crippen LogP contribution in [0.2, 0.25) is 0 Å². The topological polar surface area (TPSA) is 19.6 Å². The van der Waals surface area contributed by atoms with Gasteiger partial charge >= 0.3 is 0 Å². The molecule has 0 saturated carbocycles. The molecule has 2 atom stereocenters. The van der Waals surface area contributed by atoms with Crippen LogP contribution >= 0.6 is 11.3 Å². The second-order valence-corrected chi connectivity index (χ2v) is 35.4. The molecule has 20 aromatic rings. The molecule has 6 aliphatic carbocycles. The van der Waals surface area contributed by atoms with Crippen LogP contribution in [0.1, 0.15) is 94.5 Å². The van der Waals surface area contributed by atoms with Crippen LogP contribution in [0.25, 0.3) is 131 Å². The van der Waals surface area contributed by atoms with Crippen LogP contribution in [0.3, 0.4) is 0 Å². The molecule has 120 heavy (non-hydrogen) atoms. The first-order valence-corrected chi connectivity index (χ1v) is 42.8. The first-order chi connectivity index (χ1) is 59.0. The zero-order valence-electron chi connectivity index (χ0n) is 66.8. The van der Waals surface area contributed by atoms with Gasteiger partial charge in [-0.15, -0.1) is 11.3 Å². The molecule has 6 aliphatic rings. The molecule has 0 radical (unpaired) electrons. The van der Waals surface area contributed by atoms with Gasteiger partial charge in [-0.1, -0.05) is 349 Å². The summed E-state index contributed by atoms with van der Waals surface area (Å²) in [5.74, 6) is 0. The quantitative estimate of drug-likeness (QED) is 0.151. The normalized spacial score (nSPS) is 16.0. The van der Waals surface area contributed by atoms with Crippen molar-refractivity contribution in [3.05, 3.63) is 467 Å². The molecule has 0 N–H and O–H groups in total. The lowest BCUT2D eigenvalue weighted by atomic mass is 9.70. The van der Waals surface area contributed by atoms with Crippen molar-refractivity contribution in [1.29, 1.82) is 0 Å². The molecule has 0 saturated heterocycles. The Morgan fingerprint density at radius 1 is 0.225 bits per heavy atom. The molecule has 18 aromatic carbocycles. The van der Waals surface area contributed by atoms with Crippen molar-refractivity contribution in [2.75, 3.05) is 9.80 Å². The van der Waals surface area contributed by atoms with Crippen LogP contribution in [-0.2, 0) is 21.7 Å². The van der Waals surface area contributed by atoms with Crippen LogP contribution in [0.15, 0.2) is 405 Å². The van der Waals surface area contributed by atoms with E-state index in [4.69, 9.17) is 4.42 Å². The average molecular weight is 1550 g/mol. The minimum atomic E-state index is -0.548. The van der Waals surface area contributed by atoms with Gasteiger partial charge in [0.15, 0.2) is 0 Å². The highest BCUT2D eigenvalue weighted by Gasteiger charge is 2.55. The average Bonchev–Trinajstić information content (AvgIpc) is 1.50. The second kappa shape index (κ2) is 25.5. The van der Waals surface area contributed by atoms with Gasteiger partial charge in [-0.2, -0.15) is 0 Å². The van der Waals surface area contributed by atoms with Gasteiger partial charge in [0.2, 0.25) is 0 Å². The Balaban J connectivity index is 0.000000133. The third-order valence-corrected chi connectivity index (χ3v) is 29.0. The molecule has 2 spiro atoms. The summed E-state index contributed by atoms with van der Waals surface area (Å²) in [7, 11) is 0. The SMILES string of the molecule is CC1(C)c2ccccc2-c2ccc(N(c3ccc(-c4ccccc4)cc3)c3ccc4c(c3)C3(c5ccccc5-4)c4ccccc4-c4c3ccc3c4sc4ccccc43)cc21.CC1(C)c2ccccc2-c2ccc(N(c3ccc4c(c3)C3(c5ccccc5-4)c4ccccc4-c4c3ccc3c4oc4ccccc43)c3ccccc3-c3ccccc3)cc21. The van der Waals surface area contributed by atoms with E-state index < -0.39 is 10.8 Å². The van der Waals surface area contributed by atoms with E-state index in [-0.39, 0.29) is 10.8 Å². The Kier molecular flexibility index (Phi) is 14.6. The fraction of sp³-hybridized carbons (Fsp3) is 0.0690. The fourth-order valence-corrected chi connectivity index (χ4v) is 23.8. The number of anilines is 6. The molecular weight excluding hydrogens is 1470 g/mol. The van der Waals surface area contributed by atoms with Gasteiger partial charge in [0.1, 0.15) is 11.2 Å². The van der Waals surface area contributed by atoms with E-state index in [0.717, 1.165) is 56.1 Å². The van der Waals surface area contributed by atoms with Gasteiger partial charge < -0.3 is 14.2 Å². The highest BCUT2D eigenvalue weighted by Crippen LogP contribution is 2.68. The maximum Gasteiger partial charge on any atom is 0.143 e. The van der Waals surface area contributed by atoms with Crippen LogP contribution in [0.5, 0.6) is 0 Å². The maximum absolute atomic E-state index is 6.83. The largest absolute Gasteiger partial charge is 0.455 e. The van der Waals surface area contributed by atoms with Crippen molar-refractivity contribution in [1.82, 2.24) is 0 Å². The fourth-order valence-electron chi connectivity index (χ4n) is 22.6. The van der Waals surface area contributed by atoms with Crippen LogP contribution in [0, 0.1) is 0 Å². The molecule has 2 heterocycles. The predicted octanol–water partition coefficient (Wildman–Crippen LogP) is 31.2. The van der Waals surface area contributed by atoms with Crippen LogP contribution in [0.4, 0.5) is 34.1 Å². The highest BCUT2D eigenvalue weighted by atomic mass is 32.1. The number of furan rings is 1. The molecule has 4 heteroatoms. The molecule has 0 bridgehead atoms. The molecule has 2 unspecified atom stereocenters. The smallest absolute Gasteiger partial charge is 0.143 e. The highest BCUT2D eigenvalue weighted by molar-refractivity contribution is 7.26. The Hall–Kier alpha value is -14.4. The van der Waals surface area contributed by atoms with Crippen molar-refractivity contribution >= 4 is 87.6 Å². The lowest BCUT2D eigenvalue weighted by Gasteiger charge is -2.33. The Morgan fingerprint density at radius 3 is 1.14 bits per heavy atom. The Morgan fingerprint density at radius 2 is 0.592 bits per heavy atom. The molecule has 0 aliphatic heterocycles. The summed E-state index contributed by atoms with van der Waals surface area (Å²) in [4.78, 5) is 4.99. The monoisotopic (exact) mass is 1550 g/mol. The van der Waals surface area contributed by atoms with Crippen molar-refractivity contribution in [3.63, 3.8) is 0 Å². The molecule has 0 fully saturated rings. The molecule has 564 valence electrons. The van der Waals surface area contributed by atoms with Gasteiger partial charge in [-0.3, -0.25) is 0 Å². The summed E-state index contributed by atoms with van der Waals surface area (Å²) < 4.78 is 9.55. The number of hydrogen-bond acceptors (Lipinski definition) is 4. The van der Waals surface area contributed by atoms with Crippen molar-refractivity contribution in [2.24, 2.45) is 0 Å². The van der Waals surface area contributed by atoms with E-state index in [2.05, 4.69) is 438 Å². The molecule has 2 aromatic heterocycles. The number of thiophene rings is 1. The van der Waals surface area contributed by atoms with E-state index in [0.29, 0.717) is 0 Å². The summed E-state index contributed by atoms with van der Waals surface area (Å²) in [6.45, 7) is 9.49. The molecule has 0 amide bonds. The summed E-state index contributed by atoms with van der Waals surface area (Å²) in [5.41, 5.74) is 43.9. The third-order valence-electron chi connectivity index (χ3n) is 27.8. The first-order valence-electron chi connectivity index (χ1n) is 42.0. The maximum atomic E-state index is 6.83. The van der Waals surface area contributed by atoms with Crippen molar-refractivity contribution in [2.45, 2.75) is 49.4 Å². The van der Waals surface area contributed by atoms with Crippen molar-refractivity contribution in [3.8, 4) is 89.0 Å². The molecule has 3 nitrogen and oxygen atoms in total. The minimum absolute atomic E-state index is 0.121. The van der Waals surface area contributed by atoms with Gasteiger partial charge in [-0.05, 0) is 218 Å². The summed E-state index contributed by atoms with van der Waals surface area (Å²) >= 11 is 1.93. The van der Waals surface area contributed by atoms with Crippen LogP contribution < -0.4 is 9.80 Å². The zero-order valence-corrected chi connectivity index (χ0v) is 67.6. The third kappa shape index (κ3) is 9.40. The first kappa shape index (κ1) is 68.8. The number of para-hydroxylation sites is 2. The standard InChI is InChI=1S/C58H39NO.C58H39NS/c1-57(2)47-23-11-6-19-40(47)42-30-28-37(34-51(42)57)59(53-26-14-9-18-39(53)36-16-4-3-5-17-36)38-29-31-43-41-20-7-12-24-48(41)58(52(43)35-38)49-25-13-8-22-46(49)55-50(58)33-32-45-44-21-10-15-27-54(44)60-56(45)55;1-57(2)48-20-10-6-16-41(48)43-30-28-39(34-52(43)57)59(38-26-24-37(25-27-38)36-14-4-3-5-15-36)40-29-31-44-42-17-7-11-21-49(42)58(53(44)35-40)50-22-12-8-19-47(50)55-51(58)33-32-46-45-18-9-13-23-54(45)60-56(46)55/h2*3-35H,1-2H3. The summed E-state index contributed by atoms with van der Waals surface area (Å²) in [6.07, 6.45) is 0.